The van der Waals surface area contributed by atoms with Crippen LogP contribution in [-0.2, 0) is 4.74 Å². The number of ether oxygens (including phenoxy) is 1. The maximum absolute atomic E-state index is 12.9. The number of amides is 1. The topological polar surface area (TPSA) is 79.9 Å². The molecule has 1 fully saturated rings. The highest BCUT2D eigenvalue weighted by Gasteiger charge is 2.21. The van der Waals surface area contributed by atoms with E-state index in [2.05, 4.69) is 20.7 Å². The molecule has 110 valence electrons. The highest BCUT2D eigenvalue weighted by atomic mass is 19.1. The van der Waals surface area contributed by atoms with Crippen molar-refractivity contribution in [1.82, 2.24) is 20.7 Å². The molecule has 0 spiro atoms. The molecule has 1 amide bonds. The first-order valence-electron chi connectivity index (χ1n) is 6.80. The summed E-state index contributed by atoms with van der Waals surface area (Å²) >= 11 is 0. The monoisotopic (exact) mass is 290 g/mol. The first-order chi connectivity index (χ1) is 10.2. The molecule has 1 saturated heterocycles. The predicted molar refractivity (Wildman–Crippen MR) is 73.1 cm³/mol. The molecule has 3 rings (SSSR count). The molecule has 0 saturated carbocycles. The van der Waals surface area contributed by atoms with Gasteiger partial charge in [-0.15, -0.1) is 0 Å². The molecule has 0 radical (unpaired) electrons. The minimum Gasteiger partial charge on any atom is -0.376 e. The first-order valence-corrected chi connectivity index (χ1v) is 6.80. The van der Waals surface area contributed by atoms with Gasteiger partial charge >= 0.3 is 0 Å². The van der Waals surface area contributed by atoms with E-state index in [1.807, 2.05) is 0 Å². The number of nitrogens with zero attached hydrogens (tertiary/aromatic N) is 2. The number of aromatic amines is 1. The lowest BCUT2D eigenvalue weighted by atomic mass is 10.1. The first kappa shape index (κ1) is 13.7. The molecule has 2 N–H and O–H groups in total. The zero-order chi connectivity index (χ0) is 14.7. The van der Waals surface area contributed by atoms with Crippen molar-refractivity contribution in [3.8, 4) is 11.3 Å². The molecule has 1 aromatic heterocycles. The number of H-pyrrole nitrogens is 1. The van der Waals surface area contributed by atoms with Crippen LogP contribution in [-0.4, -0.2) is 40.6 Å². The Morgan fingerprint density at radius 3 is 2.90 bits per heavy atom. The summed E-state index contributed by atoms with van der Waals surface area (Å²) < 4.78 is 18.4. The van der Waals surface area contributed by atoms with Crippen LogP contribution in [0.1, 0.15) is 23.3 Å². The molecular weight excluding hydrogens is 275 g/mol. The van der Waals surface area contributed by atoms with Gasteiger partial charge in [-0.25, -0.2) is 4.39 Å². The summed E-state index contributed by atoms with van der Waals surface area (Å²) in [5, 5.41) is 13.1. The zero-order valence-corrected chi connectivity index (χ0v) is 11.3. The molecule has 6 nitrogen and oxygen atoms in total. The van der Waals surface area contributed by atoms with Gasteiger partial charge in [-0.3, -0.25) is 4.79 Å². The Hall–Kier alpha value is -2.28. The van der Waals surface area contributed by atoms with E-state index < -0.39 is 0 Å². The molecule has 7 heteroatoms. The van der Waals surface area contributed by atoms with Gasteiger partial charge in [-0.1, -0.05) is 0 Å². The lowest BCUT2D eigenvalue weighted by Gasteiger charge is -2.10. The van der Waals surface area contributed by atoms with Crippen LogP contribution >= 0.6 is 0 Å². The van der Waals surface area contributed by atoms with Crippen molar-refractivity contribution in [3.63, 3.8) is 0 Å². The van der Waals surface area contributed by atoms with Gasteiger partial charge in [0.15, 0.2) is 5.69 Å². The maximum Gasteiger partial charge on any atom is 0.274 e. The zero-order valence-electron chi connectivity index (χ0n) is 11.3. The number of carbonyl (C=O) groups excluding carboxylic acids is 1. The summed E-state index contributed by atoms with van der Waals surface area (Å²) in [5.41, 5.74) is 1.23. The van der Waals surface area contributed by atoms with Crippen molar-refractivity contribution in [2.45, 2.75) is 18.9 Å². The van der Waals surface area contributed by atoms with Crippen molar-refractivity contribution in [3.05, 3.63) is 35.8 Å². The Kier molecular flexibility index (Phi) is 3.92. The summed E-state index contributed by atoms with van der Waals surface area (Å²) in [6.07, 6.45) is 2.03. The molecule has 0 aliphatic carbocycles. The lowest BCUT2D eigenvalue weighted by Crippen LogP contribution is -2.32. The van der Waals surface area contributed by atoms with Gasteiger partial charge in [-0.2, -0.15) is 15.4 Å². The fourth-order valence-corrected chi connectivity index (χ4v) is 2.29. The predicted octanol–water partition coefficient (Wildman–Crippen LogP) is 1.52. The molecule has 0 bridgehead atoms. The quantitative estimate of drug-likeness (QED) is 0.894. The van der Waals surface area contributed by atoms with Gasteiger partial charge in [0.1, 0.15) is 11.5 Å². The van der Waals surface area contributed by atoms with Crippen LogP contribution in [0.2, 0.25) is 0 Å². The second-order valence-electron chi connectivity index (χ2n) is 4.87. The van der Waals surface area contributed by atoms with E-state index in [1.165, 1.54) is 12.1 Å². The second kappa shape index (κ2) is 6.01. The third-order valence-corrected chi connectivity index (χ3v) is 3.39. The Bertz CT molecular complexity index is 620. The Morgan fingerprint density at radius 1 is 1.38 bits per heavy atom. The van der Waals surface area contributed by atoms with E-state index in [0.717, 1.165) is 19.4 Å². The van der Waals surface area contributed by atoms with E-state index in [9.17, 15) is 9.18 Å². The minimum atomic E-state index is -0.341. The summed E-state index contributed by atoms with van der Waals surface area (Å²) in [5.74, 6) is -0.662. The van der Waals surface area contributed by atoms with Crippen molar-refractivity contribution < 1.29 is 13.9 Å². The number of benzene rings is 1. The third kappa shape index (κ3) is 3.08. The number of aromatic nitrogens is 3. The standard InChI is InChI=1S/C14H15FN4O2/c15-10-5-3-9(4-6-10)12-13(18-19-17-12)14(20)16-8-11-2-1-7-21-11/h3-6,11H,1-2,7-8H2,(H,16,20)(H,17,18,19)/t11-/m0/s1. The fraction of sp³-hybridized carbons (Fsp3) is 0.357. The molecule has 1 aromatic carbocycles. The van der Waals surface area contributed by atoms with Crippen LogP contribution in [0.5, 0.6) is 0 Å². The van der Waals surface area contributed by atoms with E-state index in [0.29, 0.717) is 17.8 Å². The Balaban J connectivity index is 1.72. The number of hydrogen-bond acceptors (Lipinski definition) is 4. The minimum absolute atomic E-state index is 0.0649. The largest absolute Gasteiger partial charge is 0.376 e. The van der Waals surface area contributed by atoms with E-state index in [1.54, 1.807) is 12.1 Å². The van der Waals surface area contributed by atoms with E-state index >= 15 is 0 Å². The van der Waals surface area contributed by atoms with Crippen molar-refractivity contribution in [2.75, 3.05) is 13.2 Å². The van der Waals surface area contributed by atoms with Gasteiger partial charge < -0.3 is 10.1 Å². The Morgan fingerprint density at radius 2 is 2.19 bits per heavy atom. The number of halogens is 1. The fourth-order valence-electron chi connectivity index (χ4n) is 2.29. The Labute approximate surface area is 120 Å². The maximum atomic E-state index is 12.9. The number of hydrogen-bond donors (Lipinski definition) is 2. The summed E-state index contributed by atoms with van der Waals surface area (Å²) in [7, 11) is 0. The number of carbonyl (C=O) groups is 1. The van der Waals surface area contributed by atoms with Crippen LogP contribution in [0.3, 0.4) is 0 Å². The van der Waals surface area contributed by atoms with Gasteiger partial charge in [0.05, 0.1) is 6.10 Å². The van der Waals surface area contributed by atoms with Crippen LogP contribution in [0.15, 0.2) is 24.3 Å². The van der Waals surface area contributed by atoms with Crippen molar-refractivity contribution in [2.24, 2.45) is 0 Å². The molecule has 2 heterocycles. The number of rotatable bonds is 4. The van der Waals surface area contributed by atoms with Gasteiger partial charge in [0.25, 0.3) is 5.91 Å². The normalized spacial score (nSPS) is 17.9. The molecule has 0 unspecified atom stereocenters. The van der Waals surface area contributed by atoms with Crippen LogP contribution in [0, 0.1) is 5.82 Å². The molecule has 21 heavy (non-hydrogen) atoms. The molecule has 1 aliphatic heterocycles. The van der Waals surface area contributed by atoms with Gasteiger partial charge in [0, 0.05) is 18.7 Å². The summed E-state index contributed by atoms with van der Waals surface area (Å²) in [6.45, 7) is 1.19. The molecule has 1 aliphatic rings. The highest BCUT2D eigenvalue weighted by molar-refractivity contribution is 5.97. The number of nitrogens with one attached hydrogen (secondary N) is 2. The second-order valence-corrected chi connectivity index (χ2v) is 4.87. The molecular formula is C14H15FN4O2. The summed E-state index contributed by atoms with van der Waals surface area (Å²) in [6, 6.07) is 5.75. The summed E-state index contributed by atoms with van der Waals surface area (Å²) in [4.78, 5) is 12.2. The molecule has 2 aromatic rings. The van der Waals surface area contributed by atoms with Crippen molar-refractivity contribution >= 4 is 5.91 Å². The van der Waals surface area contributed by atoms with Crippen LogP contribution in [0.25, 0.3) is 11.3 Å². The van der Waals surface area contributed by atoms with Gasteiger partial charge in [0.2, 0.25) is 0 Å². The van der Waals surface area contributed by atoms with Crippen molar-refractivity contribution in [1.29, 1.82) is 0 Å². The SMILES string of the molecule is O=C(NC[C@@H]1CCCO1)c1n[nH]nc1-c1ccc(F)cc1. The van der Waals surface area contributed by atoms with Crippen LogP contribution < -0.4 is 5.32 Å². The smallest absolute Gasteiger partial charge is 0.274 e. The highest BCUT2D eigenvalue weighted by Crippen LogP contribution is 2.20. The van der Waals surface area contributed by atoms with Crippen LogP contribution in [0.4, 0.5) is 4.39 Å². The lowest BCUT2D eigenvalue weighted by molar-refractivity contribution is 0.0854. The third-order valence-electron chi connectivity index (χ3n) is 3.39. The van der Waals surface area contributed by atoms with E-state index in [4.69, 9.17) is 4.74 Å². The average Bonchev–Trinajstić information content (AvgIpc) is 3.17. The molecule has 1 atom stereocenters. The van der Waals surface area contributed by atoms with Gasteiger partial charge in [-0.05, 0) is 37.1 Å². The average molecular weight is 290 g/mol. The van der Waals surface area contributed by atoms with E-state index in [-0.39, 0.29) is 23.5 Å².